The van der Waals surface area contributed by atoms with Crippen LogP contribution < -0.4 is 21.7 Å². The first-order valence-electron chi connectivity index (χ1n) is 9.07. The topological polar surface area (TPSA) is 129 Å². The smallest absolute Gasteiger partial charge is 0.322 e. The summed E-state index contributed by atoms with van der Waals surface area (Å²) in [5, 5.41) is 8.33. The number of likely N-dealkylation sites (tertiary alicyclic amines) is 1. The Kier molecular flexibility index (Phi) is 5.77. The number of hydrogen-bond acceptors (Lipinski definition) is 4. The molecule has 2 aliphatic heterocycles. The third-order valence-electron chi connectivity index (χ3n) is 5.31. The Bertz CT molecular complexity index is 610. The first-order valence-corrected chi connectivity index (χ1v) is 9.07. The minimum absolute atomic E-state index is 0.0649. The van der Waals surface area contributed by atoms with Crippen molar-refractivity contribution in [1.29, 1.82) is 0 Å². The number of guanidine groups is 1. The molecule has 2 rings (SSSR count). The number of carbonyl (C=O) groups excluding carboxylic acids is 3. The fourth-order valence-electron chi connectivity index (χ4n) is 3.29. The average Bonchev–Trinajstić information content (AvgIpc) is 2.84. The van der Waals surface area contributed by atoms with Gasteiger partial charge < -0.3 is 21.3 Å². The molecule has 0 aliphatic carbocycles. The minimum Gasteiger partial charge on any atom is -0.369 e. The van der Waals surface area contributed by atoms with Gasteiger partial charge >= 0.3 is 6.03 Å². The second kappa shape index (κ2) is 7.51. The molecule has 9 nitrogen and oxygen atoms in total. The van der Waals surface area contributed by atoms with Gasteiger partial charge in [-0.15, -0.1) is 0 Å². The summed E-state index contributed by atoms with van der Waals surface area (Å²) in [5.41, 5.74) is 3.86. The van der Waals surface area contributed by atoms with Crippen LogP contribution in [0.4, 0.5) is 4.79 Å². The number of nitrogens with one attached hydrogen (secondary N) is 3. The highest BCUT2D eigenvalue weighted by Gasteiger charge is 2.48. The highest BCUT2D eigenvalue weighted by Crippen LogP contribution is 2.30. The molecule has 2 heterocycles. The van der Waals surface area contributed by atoms with Gasteiger partial charge in [-0.25, -0.2) is 4.79 Å². The van der Waals surface area contributed by atoms with Crippen molar-refractivity contribution < 1.29 is 14.4 Å². The third-order valence-corrected chi connectivity index (χ3v) is 5.31. The number of hydrogen-bond donors (Lipinski definition) is 4. The van der Waals surface area contributed by atoms with Crippen molar-refractivity contribution in [3.8, 4) is 0 Å². The number of primary amides is 1. The summed E-state index contributed by atoms with van der Waals surface area (Å²) < 4.78 is 0. The number of amides is 4. The van der Waals surface area contributed by atoms with Crippen LogP contribution in [0, 0.1) is 11.3 Å². The fraction of sp³-hybridized carbons (Fsp3) is 0.765. The fourth-order valence-corrected chi connectivity index (χ4v) is 3.29. The van der Waals surface area contributed by atoms with Crippen LogP contribution in [0.25, 0.3) is 0 Å². The second-order valence-corrected chi connectivity index (χ2v) is 7.79. The number of piperidine rings is 1. The summed E-state index contributed by atoms with van der Waals surface area (Å²) in [4.78, 5) is 41.8. The first-order chi connectivity index (χ1) is 12.1. The van der Waals surface area contributed by atoms with Gasteiger partial charge in [0.2, 0.25) is 5.91 Å². The number of nitrogens with zero attached hydrogens (tertiary/aromatic N) is 2. The van der Waals surface area contributed by atoms with E-state index in [0.717, 1.165) is 18.8 Å². The average molecular weight is 366 g/mol. The molecule has 2 fully saturated rings. The summed E-state index contributed by atoms with van der Waals surface area (Å²) >= 11 is 0. The molecule has 2 saturated heterocycles. The highest BCUT2D eigenvalue weighted by atomic mass is 16.2. The van der Waals surface area contributed by atoms with Gasteiger partial charge in [0.1, 0.15) is 5.54 Å². The van der Waals surface area contributed by atoms with Crippen LogP contribution >= 0.6 is 0 Å². The lowest BCUT2D eigenvalue weighted by atomic mass is 9.79. The van der Waals surface area contributed by atoms with Gasteiger partial charge in [0.15, 0.2) is 5.96 Å². The Morgan fingerprint density at radius 1 is 1.38 bits per heavy atom. The van der Waals surface area contributed by atoms with E-state index in [2.05, 4.69) is 25.8 Å². The van der Waals surface area contributed by atoms with Gasteiger partial charge in [0.25, 0.3) is 5.91 Å². The molecular formula is C17H30N6O3. The van der Waals surface area contributed by atoms with E-state index in [9.17, 15) is 14.4 Å². The van der Waals surface area contributed by atoms with Crippen LogP contribution in [0.15, 0.2) is 4.99 Å². The standard InChI is InChI=1S/C17H30N6O3/c1-5-19-14(20-10-16(2,3)12(18)24)23-8-6-11(7-9-23)17(4)13(25)21-15(26)22-17/h11H,5-10H2,1-4H3,(H2,18,24)(H,19,20)(H2,21,22,25,26). The molecule has 0 aromatic rings. The SMILES string of the molecule is CCNC(=NCC(C)(C)C(N)=O)N1CCC(C2(C)NC(=O)NC2=O)CC1. The minimum atomic E-state index is -0.855. The first kappa shape index (κ1) is 20.0. The molecule has 0 aromatic heterocycles. The molecule has 5 N–H and O–H groups in total. The number of aliphatic imine (C=N–C) groups is 1. The lowest BCUT2D eigenvalue weighted by molar-refractivity contribution is -0.126. The van der Waals surface area contributed by atoms with E-state index in [1.54, 1.807) is 20.8 Å². The van der Waals surface area contributed by atoms with Gasteiger partial charge in [-0.05, 0) is 46.5 Å². The largest absolute Gasteiger partial charge is 0.369 e. The van der Waals surface area contributed by atoms with Crippen molar-refractivity contribution in [2.24, 2.45) is 22.1 Å². The molecule has 146 valence electrons. The lowest BCUT2D eigenvalue weighted by Gasteiger charge is -2.40. The molecule has 2 aliphatic rings. The normalized spacial score (nSPS) is 25.1. The number of imide groups is 1. The maximum absolute atomic E-state index is 12.1. The van der Waals surface area contributed by atoms with Crippen molar-refractivity contribution >= 4 is 23.8 Å². The van der Waals surface area contributed by atoms with Crippen molar-refractivity contribution in [2.75, 3.05) is 26.2 Å². The highest BCUT2D eigenvalue weighted by molar-refractivity contribution is 6.07. The maximum Gasteiger partial charge on any atom is 0.322 e. The van der Waals surface area contributed by atoms with Gasteiger partial charge in [0.05, 0.1) is 12.0 Å². The number of urea groups is 1. The third kappa shape index (κ3) is 4.08. The van der Waals surface area contributed by atoms with E-state index in [1.807, 2.05) is 6.92 Å². The van der Waals surface area contributed by atoms with Crippen LogP contribution in [0.2, 0.25) is 0 Å². The van der Waals surface area contributed by atoms with Crippen molar-refractivity contribution in [1.82, 2.24) is 20.9 Å². The van der Waals surface area contributed by atoms with Crippen molar-refractivity contribution in [2.45, 2.75) is 46.1 Å². The summed E-state index contributed by atoms with van der Waals surface area (Å²) in [6, 6.07) is -0.427. The Balaban J connectivity index is 2.02. The number of rotatable bonds is 5. The van der Waals surface area contributed by atoms with Crippen molar-refractivity contribution in [3.05, 3.63) is 0 Å². The zero-order chi connectivity index (χ0) is 19.5. The van der Waals surface area contributed by atoms with E-state index in [1.165, 1.54) is 0 Å². The number of carbonyl (C=O) groups is 3. The lowest BCUT2D eigenvalue weighted by Crippen LogP contribution is -2.55. The van der Waals surface area contributed by atoms with Crippen molar-refractivity contribution in [3.63, 3.8) is 0 Å². The van der Waals surface area contributed by atoms with Gasteiger partial charge in [0, 0.05) is 19.6 Å². The Labute approximate surface area is 154 Å². The molecule has 26 heavy (non-hydrogen) atoms. The maximum atomic E-state index is 12.1. The number of nitrogens with two attached hydrogens (primary N) is 1. The molecule has 0 aromatic carbocycles. The zero-order valence-electron chi connectivity index (χ0n) is 16.0. The Morgan fingerprint density at radius 3 is 2.46 bits per heavy atom. The summed E-state index contributed by atoms with van der Waals surface area (Å²) in [5.74, 6) is 0.164. The Morgan fingerprint density at radius 2 is 2.00 bits per heavy atom. The molecule has 0 spiro atoms. The van der Waals surface area contributed by atoms with Gasteiger partial charge in [-0.2, -0.15) is 0 Å². The van der Waals surface area contributed by atoms with E-state index in [0.29, 0.717) is 26.2 Å². The molecule has 0 radical (unpaired) electrons. The quantitative estimate of drug-likeness (QED) is 0.304. The van der Waals surface area contributed by atoms with Gasteiger partial charge in [-0.3, -0.25) is 19.9 Å². The monoisotopic (exact) mass is 366 g/mol. The molecule has 0 bridgehead atoms. The van der Waals surface area contributed by atoms with E-state index in [-0.39, 0.29) is 17.7 Å². The van der Waals surface area contributed by atoms with E-state index >= 15 is 0 Å². The molecule has 1 atom stereocenters. The second-order valence-electron chi connectivity index (χ2n) is 7.79. The Hall–Kier alpha value is -2.32. The summed E-state index contributed by atoms with van der Waals surface area (Å²) in [6.45, 7) is 9.77. The summed E-state index contributed by atoms with van der Waals surface area (Å²) in [6.07, 6.45) is 1.52. The zero-order valence-corrected chi connectivity index (χ0v) is 16.0. The van der Waals surface area contributed by atoms with Crippen LogP contribution in [0.5, 0.6) is 0 Å². The van der Waals surface area contributed by atoms with Crippen LogP contribution in [-0.4, -0.2) is 60.4 Å². The van der Waals surface area contributed by atoms with Crippen LogP contribution in [0.3, 0.4) is 0 Å². The van der Waals surface area contributed by atoms with Gasteiger partial charge in [-0.1, -0.05) is 0 Å². The summed E-state index contributed by atoms with van der Waals surface area (Å²) in [7, 11) is 0. The predicted octanol–water partition coefficient (Wildman–Crippen LogP) is -0.226. The van der Waals surface area contributed by atoms with Crippen LogP contribution in [-0.2, 0) is 9.59 Å². The van der Waals surface area contributed by atoms with E-state index < -0.39 is 17.0 Å². The molecule has 9 heteroatoms. The molecule has 4 amide bonds. The van der Waals surface area contributed by atoms with E-state index in [4.69, 9.17) is 5.73 Å². The molecular weight excluding hydrogens is 336 g/mol. The predicted molar refractivity (Wildman–Crippen MR) is 98.3 cm³/mol. The molecule has 1 unspecified atom stereocenters. The van der Waals surface area contributed by atoms with Crippen LogP contribution in [0.1, 0.15) is 40.5 Å². The molecule has 0 saturated carbocycles.